The van der Waals surface area contributed by atoms with Crippen LogP contribution in [0.1, 0.15) is 24.2 Å². The second-order valence-electron chi connectivity index (χ2n) is 4.97. The lowest BCUT2D eigenvalue weighted by Crippen LogP contribution is -2.47. The number of rotatable bonds is 3. The largest absolute Gasteiger partial charge is 0.462 e. The quantitative estimate of drug-likeness (QED) is 0.809. The molecular formula is C13H19N3O4S. The van der Waals surface area contributed by atoms with Crippen LogP contribution in [0.15, 0.2) is 12.3 Å². The molecule has 116 valence electrons. The molecule has 0 spiro atoms. The predicted octanol–water partition coefficient (Wildman–Crippen LogP) is 0.464. The van der Waals surface area contributed by atoms with E-state index in [0.717, 1.165) is 0 Å². The minimum atomic E-state index is -3.02. The number of nitrogen functional groups attached to an aromatic ring is 1. The highest BCUT2D eigenvalue weighted by Crippen LogP contribution is 2.28. The number of nitrogens with zero attached hydrogens (tertiary/aromatic N) is 2. The van der Waals surface area contributed by atoms with Crippen molar-refractivity contribution in [3.63, 3.8) is 0 Å². The molecule has 1 aromatic rings. The molecule has 0 aliphatic carbocycles. The summed E-state index contributed by atoms with van der Waals surface area (Å²) in [5.74, 6) is 0.0405. The Morgan fingerprint density at radius 1 is 1.57 bits per heavy atom. The standard InChI is InChI=1S/C13H19N3O4S/c1-3-20-13(17)10-4-5-15-12(11(10)14)16-6-7-21(18,19)8-9(16)2/h4-5,9H,3,6-8,14H2,1-2H3. The van der Waals surface area contributed by atoms with Crippen molar-refractivity contribution >= 4 is 27.3 Å². The molecule has 0 bridgehead atoms. The fourth-order valence-electron chi connectivity index (χ4n) is 2.39. The number of carbonyl (C=O) groups excluding carboxylic acids is 1. The Morgan fingerprint density at radius 3 is 2.90 bits per heavy atom. The minimum Gasteiger partial charge on any atom is -0.462 e. The number of nitrogens with two attached hydrogens (primary N) is 1. The molecule has 1 atom stereocenters. The number of pyridine rings is 1. The van der Waals surface area contributed by atoms with Crippen LogP contribution in [0.2, 0.25) is 0 Å². The molecule has 8 heteroatoms. The Kier molecular flexibility index (Phi) is 4.36. The average Bonchev–Trinajstić information content (AvgIpc) is 2.39. The lowest BCUT2D eigenvalue weighted by Gasteiger charge is -2.34. The lowest BCUT2D eigenvalue weighted by molar-refractivity contribution is 0.0527. The summed E-state index contributed by atoms with van der Waals surface area (Å²) in [6, 6.07) is 1.26. The topological polar surface area (TPSA) is 103 Å². The molecular weight excluding hydrogens is 294 g/mol. The first kappa shape index (κ1) is 15.6. The SMILES string of the molecule is CCOC(=O)c1ccnc(N2CCS(=O)(=O)CC2C)c1N. The van der Waals surface area contributed by atoms with E-state index >= 15 is 0 Å². The van der Waals surface area contributed by atoms with Crippen molar-refractivity contribution < 1.29 is 17.9 Å². The van der Waals surface area contributed by atoms with Gasteiger partial charge in [-0.25, -0.2) is 18.2 Å². The monoisotopic (exact) mass is 313 g/mol. The zero-order valence-electron chi connectivity index (χ0n) is 12.1. The van der Waals surface area contributed by atoms with E-state index < -0.39 is 15.8 Å². The highest BCUT2D eigenvalue weighted by atomic mass is 32.2. The number of sulfone groups is 1. The van der Waals surface area contributed by atoms with Gasteiger partial charge in [-0.1, -0.05) is 0 Å². The van der Waals surface area contributed by atoms with Gasteiger partial charge in [0, 0.05) is 18.8 Å². The predicted molar refractivity (Wildman–Crippen MR) is 80.1 cm³/mol. The van der Waals surface area contributed by atoms with Gasteiger partial charge in [0.25, 0.3) is 0 Å². The van der Waals surface area contributed by atoms with Crippen molar-refractivity contribution in [2.24, 2.45) is 0 Å². The van der Waals surface area contributed by atoms with Crippen LogP contribution < -0.4 is 10.6 Å². The van der Waals surface area contributed by atoms with Crippen molar-refractivity contribution in [1.29, 1.82) is 0 Å². The molecule has 1 aliphatic heterocycles. The van der Waals surface area contributed by atoms with Crippen LogP contribution in [0.25, 0.3) is 0 Å². The summed E-state index contributed by atoms with van der Waals surface area (Å²) in [5.41, 5.74) is 6.50. The number of ether oxygens (including phenoxy) is 1. The van der Waals surface area contributed by atoms with Crippen molar-refractivity contribution in [2.45, 2.75) is 19.9 Å². The molecule has 21 heavy (non-hydrogen) atoms. The van der Waals surface area contributed by atoms with Gasteiger partial charge in [0.1, 0.15) is 0 Å². The molecule has 0 amide bonds. The van der Waals surface area contributed by atoms with E-state index in [1.807, 2.05) is 4.90 Å². The third kappa shape index (κ3) is 3.26. The Balaban J connectivity index is 2.33. The smallest absolute Gasteiger partial charge is 0.340 e. The van der Waals surface area contributed by atoms with Gasteiger partial charge in [-0.3, -0.25) is 0 Å². The Bertz CT molecular complexity index is 645. The number of aromatic nitrogens is 1. The number of esters is 1. The fraction of sp³-hybridized carbons (Fsp3) is 0.538. The van der Waals surface area contributed by atoms with E-state index in [2.05, 4.69) is 4.98 Å². The summed E-state index contributed by atoms with van der Waals surface area (Å²) in [5, 5.41) is 0. The molecule has 1 aromatic heterocycles. The molecule has 1 fully saturated rings. The molecule has 1 aliphatic rings. The van der Waals surface area contributed by atoms with Crippen LogP contribution in [-0.2, 0) is 14.6 Å². The summed E-state index contributed by atoms with van der Waals surface area (Å²) in [7, 11) is -3.02. The Hall–Kier alpha value is -1.83. The van der Waals surface area contributed by atoms with Gasteiger partial charge < -0.3 is 15.4 Å². The molecule has 0 aromatic carbocycles. The number of carbonyl (C=O) groups is 1. The fourth-order valence-corrected chi connectivity index (χ4v) is 3.95. The molecule has 2 rings (SSSR count). The first-order valence-electron chi connectivity index (χ1n) is 6.74. The number of hydrogen-bond donors (Lipinski definition) is 1. The lowest BCUT2D eigenvalue weighted by atomic mass is 10.2. The minimum absolute atomic E-state index is 0.0533. The maximum atomic E-state index is 11.8. The van der Waals surface area contributed by atoms with Crippen molar-refractivity contribution in [3.8, 4) is 0 Å². The van der Waals surface area contributed by atoms with Crippen LogP contribution in [-0.4, -0.2) is 50.1 Å². The number of hydrogen-bond acceptors (Lipinski definition) is 7. The maximum absolute atomic E-state index is 11.8. The second-order valence-corrected chi connectivity index (χ2v) is 7.20. The van der Waals surface area contributed by atoms with Crippen LogP contribution in [0.3, 0.4) is 0 Å². The van der Waals surface area contributed by atoms with Gasteiger partial charge in [-0.15, -0.1) is 0 Å². The molecule has 1 unspecified atom stereocenters. The molecule has 2 N–H and O–H groups in total. The Labute approximate surface area is 124 Å². The molecule has 0 saturated carbocycles. The molecule has 7 nitrogen and oxygen atoms in total. The second kappa shape index (κ2) is 5.88. The highest BCUT2D eigenvalue weighted by molar-refractivity contribution is 7.91. The van der Waals surface area contributed by atoms with Crippen molar-refractivity contribution in [3.05, 3.63) is 17.8 Å². The van der Waals surface area contributed by atoms with Gasteiger partial charge in [0.15, 0.2) is 15.7 Å². The van der Waals surface area contributed by atoms with Crippen LogP contribution in [0, 0.1) is 0 Å². The van der Waals surface area contributed by atoms with Gasteiger partial charge in [-0.2, -0.15) is 0 Å². The van der Waals surface area contributed by atoms with E-state index in [1.165, 1.54) is 12.3 Å². The summed E-state index contributed by atoms with van der Waals surface area (Å²) in [6.45, 7) is 4.09. The van der Waals surface area contributed by atoms with E-state index in [4.69, 9.17) is 10.5 Å². The third-order valence-corrected chi connectivity index (χ3v) is 5.20. The summed E-state index contributed by atoms with van der Waals surface area (Å²) < 4.78 is 28.2. The van der Waals surface area contributed by atoms with Crippen LogP contribution in [0.5, 0.6) is 0 Å². The van der Waals surface area contributed by atoms with E-state index in [0.29, 0.717) is 12.4 Å². The van der Waals surface area contributed by atoms with Gasteiger partial charge in [-0.05, 0) is 19.9 Å². The third-order valence-electron chi connectivity index (χ3n) is 3.41. The highest BCUT2D eigenvalue weighted by Gasteiger charge is 2.30. The number of anilines is 2. The van der Waals surface area contributed by atoms with E-state index in [9.17, 15) is 13.2 Å². The van der Waals surface area contributed by atoms with Gasteiger partial charge in [0.2, 0.25) is 0 Å². The zero-order valence-corrected chi connectivity index (χ0v) is 12.9. The summed E-state index contributed by atoms with van der Waals surface area (Å²) >= 11 is 0. The molecule has 1 saturated heterocycles. The summed E-state index contributed by atoms with van der Waals surface area (Å²) in [4.78, 5) is 17.9. The maximum Gasteiger partial charge on any atom is 0.340 e. The van der Waals surface area contributed by atoms with Crippen LogP contribution in [0.4, 0.5) is 11.5 Å². The van der Waals surface area contributed by atoms with E-state index in [1.54, 1.807) is 13.8 Å². The summed E-state index contributed by atoms with van der Waals surface area (Å²) in [6.07, 6.45) is 1.48. The van der Waals surface area contributed by atoms with Gasteiger partial charge >= 0.3 is 5.97 Å². The van der Waals surface area contributed by atoms with Crippen LogP contribution >= 0.6 is 0 Å². The van der Waals surface area contributed by atoms with Gasteiger partial charge in [0.05, 0.1) is 29.4 Å². The molecule has 2 heterocycles. The Morgan fingerprint density at radius 2 is 2.29 bits per heavy atom. The average molecular weight is 313 g/mol. The van der Waals surface area contributed by atoms with Crippen molar-refractivity contribution in [2.75, 3.05) is 35.3 Å². The zero-order chi connectivity index (χ0) is 15.6. The normalized spacial score (nSPS) is 21.0. The first-order valence-corrected chi connectivity index (χ1v) is 8.56. The van der Waals surface area contributed by atoms with E-state index in [-0.39, 0.29) is 35.4 Å². The molecule has 0 radical (unpaired) electrons. The first-order chi connectivity index (χ1) is 9.85. The van der Waals surface area contributed by atoms with Crippen molar-refractivity contribution in [1.82, 2.24) is 4.98 Å².